The van der Waals surface area contributed by atoms with Gasteiger partial charge in [0.15, 0.2) is 0 Å². The van der Waals surface area contributed by atoms with Gasteiger partial charge in [-0.15, -0.1) is 0 Å². The Labute approximate surface area is 113 Å². The average molecular weight is 258 g/mol. The van der Waals surface area contributed by atoms with E-state index in [0.717, 1.165) is 18.8 Å². The molecule has 0 spiro atoms. The first-order valence-electron chi connectivity index (χ1n) is 6.32. The van der Waals surface area contributed by atoms with Crippen molar-refractivity contribution in [2.45, 2.75) is 6.04 Å². The standard InChI is InChI=1S/C14H18N4O/c1-17(2)14(19)13-10-16-6-7-18(13)12-5-3-4-11(8-12)9-15/h3-5,8,13,16H,6-7,10H2,1-2H3. The zero-order valence-electron chi connectivity index (χ0n) is 11.3. The van der Waals surface area contributed by atoms with Crippen LogP contribution in [-0.4, -0.2) is 50.6 Å². The van der Waals surface area contributed by atoms with Crippen molar-refractivity contribution in [2.24, 2.45) is 0 Å². The van der Waals surface area contributed by atoms with Gasteiger partial charge in [-0.2, -0.15) is 5.26 Å². The molecule has 1 N–H and O–H groups in total. The van der Waals surface area contributed by atoms with E-state index in [0.29, 0.717) is 12.1 Å². The van der Waals surface area contributed by atoms with Gasteiger partial charge in [0, 0.05) is 39.4 Å². The molecule has 1 saturated heterocycles. The number of nitrogens with one attached hydrogen (secondary N) is 1. The molecule has 0 saturated carbocycles. The van der Waals surface area contributed by atoms with E-state index in [9.17, 15) is 4.79 Å². The second-order valence-corrected chi connectivity index (χ2v) is 4.81. The second-order valence-electron chi connectivity index (χ2n) is 4.81. The first-order chi connectivity index (χ1) is 9.13. The lowest BCUT2D eigenvalue weighted by molar-refractivity contribution is -0.130. The van der Waals surface area contributed by atoms with E-state index in [1.54, 1.807) is 25.1 Å². The van der Waals surface area contributed by atoms with E-state index in [1.165, 1.54) is 0 Å². The van der Waals surface area contributed by atoms with Gasteiger partial charge in [-0.3, -0.25) is 4.79 Å². The molecule has 1 aromatic rings. The number of carbonyl (C=O) groups excluding carboxylic acids is 1. The fourth-order valence-electron chi connectivity index (χ4n) is 2.29. The van der Waals surface area contributed by atoms with Crippen LogP contribution in [0, 0.1) is 11.3 Å². The summed E-state index contributed by atoms with van der Waals surface area (Å²) >= 11 is 0. The molecule has 1 aliphatic heterocycles. The molecule has 1 aromatic carbocycles. The number of amides is 1. The first-order valence-corrected chi connectivity index (χ1v) is 6.32. The Morgan fingerprint density at radius 3 is 3.00 bits per heavy atom. The molecule has 1 aliphatic rings. The van der Waals surface area contributed by atoms with E-state index < -0.39 is 0 Å². The molecule has 0 aliphatic carbocycles. The van der Waals surface area contributed by atoms with E-state index >= 15 is 0 Å². The highest BCUT2D eigenvalue weighted by Crippen LogP contribution is 2.20. The van der Waals surface area contributed by atoms with Crippen LogP contribution in [0.4, 0.5) is 5.69 Å². The van der Waals surface area contributed by atoms with E-state index in [1.807, 2.05) is 18.2 Å². The highest BCUT2D eigenvalue weighted by molar-refractivity contribution is 5.85. The SMILES string of the molecule is CN(C)C(=O)C1CNCCN1c1cccc(C#N)c1. The number of hydrogen-bond donors (Lipinski definition) is 1. The summed E-state index contributed by atoms with van der Waals surface area (Å²) in [6.45, 7) is 2.24. The number of piperazine rings is 1. The quantitative estimate of drug-likeness (QED) is 0.835. The van der Waals surface area contributed by atoms with Crippen molar-refractivity contribution in [3.8, 4) is 6.07 Å². The van der Waals surface area contributed by atoms with E-state index in [4.69, 9.17) is 5.26 Å². The van der Waals surface area contributed by atoms with Crippen molar-refractivity contribution in [2.75, 3.05) is 38.6 Å². The van der Waals surface area contributed by atoms with Gasteiger partial charge in [0.1, 0.15) is 6.04 Å². The third-order valence-corrected chi connectivity index (χ3v) is 3.28. The number of carbonyl (C=O) groups is 1. The lowest BCUT2D eigenvalue weighted by Crippen LogP contribution is -2.57. The lowest BCUT2D eigenvalue weighted by Gasteiger charge is -2.38. The Kier molecular flexibility index (Phi) is 4.03. The third-order valence-electron chi connectivity index (χ3n) is 3.28. The van der Waals surface area contributed by atoms with Gasteiger partial charge in [-0.05, 0) is 18.2 Å². The largest absolute Gasteiger partial charge is 0.357 e. The maximum Gasteiger partial charge on any atom is 0.246 e. The van der Waals surface area contributed by atoms with Crippen LogP contribution in [0.25, 0.3) is 0 Å². The predicted octanol–water partition coefficient (Wildman–Crippen LogP) is 0.425. The molecule has 1 fully saturated rings. The van der Waals surface area contributed by atoms with Gasteiger partial charge < -0.3 is 15.1 Å². The Bertz CT molecular complexity index is 506. The topological polar surface area (TPSA) is 59.4 Å². The minimum atomic E-state index is -0.210. The van der Waals surface area contributed by atoms with Crippen molar-refractivity contribution in [1.29, 1.82) is 5.26 Å². The van der Waals surface area contributed by atoms with Crippen LogP contribution >= 0.6 is 0 Å². The first kappa shape index (κ1) is 13.4. The van der Waals surface area contributed by atoms with Gasteiger partial charge >= 0.3 is 0 Å². The minimum absolute atomic E-state index is 0.0783. The van der Waals surface area contributed by atoms with E-state index in [-0.39, 0.29) is 11.9 Å². The maximum atomic E-state index is 12.2. The van der Waals surface area contributed by atoms with Crippen molar-refractivity contribution >= 4 is 11.6 Å². The molecule has 1 heterocycles. The van der Waals surface area contributed by atoms with Crippen LogP contribution in [-0.2, 0) is 4.79 Å². The number of rotatable bonds is 2. The van der Waals surface area contributed by atoms with Crippen LogP contribution < -0.4 is 10.2 Å². The minimum Gasteiger partial charge on any atom is -0.357 e. The van der Waals surface area contributed by atoms with Gasteiger partial charge in [0.25, 0.3) is 0 Å². The van der Waals surface area contributed by atoms with Crippen LogP contribution in [0.1, 0.15) is 5.56 Å². The molecule has 0 radical (unpaired) electrons. The van der Waals surface area contributed by atoms with Crippen molar-refractivity contribution in [1.82, 2.24) is 10.2 Å². The number of benzene rings is 1. The summed E-state index contributed by atoms with van der Waals surface area (Å²) < 4.78 is 0. The summed E-state index contributed by atoms with van der Waals surface area (Å²) in [6.07, 6.45) is 0. The number of nitrogens with zero attached hydrogens (tertiary/aromatic N) is 3. The summed E-state index contributed by atoms with van der Waals surface area (Å²) in [5, 5.41) is 12.2. The Balaban J connectivity index is 2.29. The predicted molar refractivity (Wildman–Crippen MR) is 73.9 cm³/mol. The summed E-state index contributed by atoms with van der Waals surface area (Å²) in [5.74, 6) is 0.0783. The van der Waals surface area contributed by atoms with Crippen LogP contribution in [0.5, 0.6) is 0 Å². The summed E-state index contributed by atoms with van der Waals surface area (Å²) in [6, 6.07) is 9.33. The molecule has 5 nitrogen and oxygen atoms in total. The molecule has 1 amide bonds. The molecule has 1 unspecified atom stereocenters. The molecule has 1 atom stereocenters. The molecule has 0 aromatic heterocycles. The lowest BCUT2D eigenvalue weighted by atomic mass is 10.1. The Hall–Kier alpha value is -2.06. The van der Waals surface area contributed by atoms with Crippen LogP contribution in [0.3, 0.4) is 0 Å². The van der Waals surface area contributed by atoms with Gasteiger partial charge in [-0.25, -0.2) is 0 Å². The zero-order valence-corrected chi connectivity index (χ0v) is 11.3. The monoisotopic (exact) mass is 258 g/mol. The highest BCUT2D eigenvalue weighted by atomic mass is 16.2. The van der Waals surface area contributed by atoms with Crippen molar-refractivity contribution in [3.05, 3.63) is 29.8 Å². The summed E-state index contributed by atoms with van der Waals surface area (Å²) in [7, 11) is 3.53. The van der Waals surface area contributed by atoms with Gasteiger partial charge in [-0.1, -0.05) is 6.07 Å². The van der Waals surface area contributed by atoms with Crippen LogP contribution in [0.2, 0.25) is 0 Å². The number of nitriles is 1. The number of hydrogen-bond acceptors (Lipinski definition) is 4. The maximum absolute atomic E-state index is 12.2. The van der Waals surface area contributed by atoms with Gasteiger partial charge in [0.05, 0.1) is 11.6 Å². The smallest absolute Gasteiger partial charge is 0.246 e. The summed E-state index contributed by atoms with van der Waals surface area (Å²) in [4.78, 5) is 15.9. The fraction of sp³-hybridized carbons (Fsp3) is 0.429. The Morgan fingerprint density at radius 1 is 1.53 bits per heavy atom. The van der Waals surface area contributed by atoms with Crippen molar-refractivity contribution in [3.63, 3.8) is 0 Å². The zero-order chi connectivity index (χ0) is 13.8. The molecular weight excluding hydrogens is 240 g/mol. The Morgan fingerprint density at radius 2 is 2.32 bits per heavy atom. The number of likely N-dealkylation sites (N-methyl/N-ethyl adjacent to an activating group) is 1. The molecule has 2 rings (SSSR count). The fourth-order valence-corrected chi connectivity index (χ4v) is 2.29. The average Bonchev–Trinajstić information content (AvgIpc) is 2.46. The van der Waals surface area contributed by atoms with E-state index in [2.05, 4.69) is 16.3 Å². The molecule has 5 heteroatoms. The molecule has 19 heavy (non-hydrogen) atoms. The van der Waals surface area contributed by atoms with Crippen LogP contribution in [0.15, 0.2) is 24.3 Å². The third kappa shape index (κ3) is 2.85. The normalized spacial score (nSPS) is 18.8. The summed E-state index contributed by atoms with van der Waals surface area (Å²) in [5.41, 5.74) is 1.55. The molecule has 100 valence electrons. The van der Waals surface area contributed by atoms with Crippen molar-refractivity contribution < 1.29 is 4.79 Å². The van der Waals surface area contributed by atoms with Gasteiger partial charge in [0.2, 0.25) is 5.91 Å². The highest BCUT2D eigenvalue weighted by Gasteiger charge is 2.29. The number of anilines is 1. The second kappa shape index (κ2) is 5.72. The molecular formula is C14H18N4O. The molecule has 0 bridgehead atoms.